The Morgan fingerprint density at radius 1 is 1.19 bits per heavy atom. The zero-order chi connectivity index (χ0) is 20.2. The second-order valence-corrected chi connectivity index (χ2v) is 4.99. The monoisotopic (exact) mass is 385 g/mol. The van der Waals surface area contributed by atoms with Gasteiger partial charge in [-0.25, -0.2) is 19.0 Å². The number of pyridine rings is 1. The third kappa shape index (κ3) is 5.14. The Bertz CT molecular complexity index is 970. The number of urea groups is 1. The van der Waals surface area contributed by atoms with Gasteiger partial charge in [0.05, 0.1) is 5.52 Å². The Hall–Kier alpha value is -3.70. The molecule has 12 heteroatoms. The van der Waals surface area contributed by atoms with E-state index in [0.717, 1.165) is 10.9 Å². The first-order valence-corrected chi connectivity index (χ1v) is 7.04. The lowest BCUT2D eigenvalue weighted by atomic mass is 10.1. The van der Waals surface area contributed by atoms with Crippen molar-refractivity contribution in [2.45, 2.75) is 6.18 Å². The van der Waals surface area contributed by atoms with Gasteiger partial charge in [0.2, 0.25) is 0 Å². The van der Waals surface area contributed by atoms with Crippen molar-refractivity contribution in [2.24, 2.45) is 5.73 Å². The zero-order valence-electron chi connectivity index (χ0n) is 13.2. The predicted molar refractivity (Wildman–Crippen MR) is 86.2 cm³/mol. The third-order valence-corrected chi connectivity index (χ3v) is 3.06. The molecule has 0 atom stereocenters. The molecule has 2 heterocycles. The molecular formula is C15H11F4N5O3. The van der Waals surface area contributed by atoms with Crippen molar-refractivity contribution in [3.8, 4) is 11.3 Å². The van der Waals surface area contributed by atoms with Crippen LogP contribution in [0.2, 0.25) is 0 Å². The first-order valence-electron chi connectivity index (χ1n) is 7.04. The number of carboxylic acids is 1. The van der Waals surface area contributed by atoms with Crippen molar-refractivity contribution >= 4 is 28.7 Å². The molecule has 0 unspecified atom stereocenters. The molecule has 8 nitrogen and oxygen atoms in total. The molecule has 0 aliphatic heterocycles. The molecule has 0 aliphatic carbocycles. The lowest BCUT2D eigenvalue weighted by Gasteiger charge is -2.01. The number of aliphatic carboxylic acids is 1. The molecule has 0 aliphatic rings. The smallest absolute Gasteiger partial charge is 0.475 e. The molecule has 142 valence electrons. The maximum Gasteiger partial charge on any atom is 0.490 e. The Morgan fingerprint density at radius 3 is 2.30 bits per heavy atom. The SMILES string of the molecule is NC(=O)Nc1cc2[nH]nc(-c3ccc(F)cc3)c2cn1.O=C(O)C(F)(F)F. The highest BCUT2D eigenvalue weighted by Gasteiger charge is 2.38. The van der Waals surface area contributed by atoms with E-state index < -0.39 is 18.2 Å². The number of amides is 2. The van der Waals surface area contributed by atoms with E-state index in [1.165, 1.54) is 12.1 Å². The first kappa shape index (κ1) is 19.6. The number of hydrogen-bond acceptors (Lipinski definition) is 4. The van der Waals surface area contributed by atoms with E-state index in [2.05, 4.69) is 20.5 Å². The minimum absolute atomic E-state index is 0.306. The maximum absolute atomic E-state index is 12.9. The van der Waals surface area contributed by atoms with Crippen LogP contribution in [0, 0.1) is 5.82 Å². The van der Waals surface area contributed by atoms with Gasteiger partial charge in [-0.15, -0.1) is 0 Å². The lowest BCUT2D eigenvalue weighted by molar-refractivity contribution is -0.192. The number of anilines is 1. The summed E-state index contributed by atoms with van der Waals surface area (Å²) in [7, 11) is 0. The molecule has 1 aromatic carbocycles. The lowest BCUT2D eigenvalue weighted by Crippen LogP contribution is -2.21. The number of primary amides is 1. The van der Waals surface area contributed by atoms with Crippen molar-refractivity contribution in [2.75, 3.05) is 5.32 Å². The van der Waals surface area contributed by atoms with Crippen molar-refractivity contribution in [1.82, 2.24) is 15.2 Å². The van der Waals surface area contributed by atoms with Crippen LogP contribution in [0.15, 0.2) is 36.5 Å². The number of aromatic nitrogens is 3. The molecule has 0 fully saturated rings. The van der Waals surface area contributed by atoms with Gasteiger partial charge >= 0.3 is 18.2 Å². The predicted octanol–water partition coefficient (Wildman–Crippen LogP) is 2.89. The molecule has 0 radical (unpaired) electrons. The fourth-order valence-corrected chi connectivity index (χ4v) is 1.94. The number of hydrogen-bond donors (Lipinski definition) is 4. The average Bonchev–Trinajstić information content (AvgIpc) is 2.98. The molecule has 3 aromatic rings. The molecule has 0 saturated carbocycles. The molecular weight excluding hydrogens is 374 g/mol. The second kappa shape index (κ2) is 7.68. The molecule has 0 saturated heterocycles. The fraction of sp³-hybridized carbons (Fsp3) is 0.0667. The van der Waals surface area contributed by atoms with E-state index >= 15 is 0 Å². The molecule has 5 N–H and O–H groups in total. The Balaban J connectivity index is 0.000000321. The number of H-pyrrole nitrogens is 1. The summed E-state index contributed by atoms with van der Waals surface area (Å²) in [5, 5.41) is 17.3. The highest BCUT2D eigenvalue weighted by atomic mass is 19.4. The van der Waals surface area contributed by atoms with Crippen LogP contribution in [0.4, 0.5) is 28.2 Å². The van der Waals surface area contributed by atoms with Crippen LogP contribution in [0.1, 0.15) is 0 Å². The normalized spacial score (nSPS) is 10.8. The van der Waals surface area contributed by atoms with Crippen molar-refractivity contribution in [1.29, 1.82) is 0 Å². The van der Waals surface area contributed by atoms with Crippen LogP contribution in [0.3, 0.4) is 0 Å². The van der Waals surface area contributed by atoms with Crippen LogP contribution in [-0.4, -0.2) is 38.5 Å². The molecule has 3 rings (SSSR count). The summed E-state index contributed by atoms with van der Waals surface area (Å²) >= 11 is 0. The van der Waals surface area contributed by atoms with Gasteiger partial charge < -0.3 is 10.8 Å². The van der Waals surface area contributed by atoms with Gasteiger partial charge in [-0.3, -0.25) is 10.4 Å². The molecule has 2 amide bonds. The topological polar surface area (TPSA) is 134 Å². The molecule has 2 aromatic heterocycles. The maximum atomic E-state index is 12.9. The average molecular weight is 385 g/mol. The van der Waals surface area contributed by atoms with E-state index in [-0.39, 0.29) is 5.82 Å². The summed E-state index contributed by atoms with van der Waals surface area (Å²) in [6.07, 6.45) is -3.51. The van der Waals surface area contributed by atoms with Gasteiger partial charge in [0, 0.05) is 23.2 Å². The number of carboxylic acid groups (broad SMARTS) is 1. The van der Waals surface area contributed by atoms with Gasteiger partial charge in [0.15, 0.2) is 0 Å². The van der Waals surface area contributed by atoms with E-state index in [1.807, 2.05) is 0 Å². The molecule has 27 heavy (non-hydrogen) atoms. The largest absolute Gasteiger partial charge is 0.490 e. The van der Waals surface area contributed by atoms with E-state index in [0.29, 0.717) is 17.0 Å². The van der Waals surface area contributed by atoms with Crippen LogP contribution in [0.5, 0.6) is 0 Å². The zero-order valence-corrected chi connectivity index (χ0v) is 13.2. The third-order valence-electron chi connectivity index (χ3n) is 3.06. The number of rotatable bonds is 2. The van der Waals surface area contributed by atoms with Gasteiger partial charge in [-0.2, -0.15) is 18.3 Å². The summed E-state index contributed by atoms with van der Waals surface area (Å²) in [6.45, 7) is 0. The Kier molecular flexibility index (Phi) is 5.58. The first-order chi connectivity index (χ1) is 12.6. The number of nitrogens with one attached hydrogen (secondary N) is 2. The van der Waals surface area contributed by atoms with Gasteiger partial charge in [0.1, 0.15) is 17.3 Å². The second-order valence-electron chi connectivity index (χ2n) is 4.99. The van der Waals surface area contributed by atoms with Crippen molar-refractivity contribution in [3.63, 3.8) is 0 Å². The standard InChI is InChI=1S/C13H10FN5O.C2HF3O2/c14-8-3-1-7(2-4-8)12-9-6-16-11(17-13(15)20)5-10(9)18-19-12;3-2(4,5)1(6)7/h1-6H,(H,18,19)(H3,15,16,17,20);(H,6,7). The molecule has 0 spiro atoms. The number of carbonyl (C=O) groups excluding carboxylic acids is 1. The summed E-state index contributed by atoms with van der Waals surface area (Å²) in [5.74, 6) is -2.73. The fourth-order valence-electron chi connectivity index (χ4n) is 1.94. The number of nitrogens with zero attached hydrogens (tertiary/aromatic N) is 2. The number of halogens is 4. The number of alkyl halides is 3. The van der Waals surface area contributed by atoms with Gasteiger partial charge in [-0.1, -0.05) is 0 Å². The quantitative estimate of drug-likeness (QED) is 0.503. The number of aromatic amines is 1. The van der Waals surface area contributed by atoms with Crippen LogP contribution in [0.25, 0.3) is 22.2 Å². The minimum atomic E-state index is -5.08. The van der Waals surface area contributed by atoms with Gasteiger partial charge in [-0.05, 0) is 24.3 Å². The number of fused-ring (bicyclic) bond motifs is 1. The Morgan fingerprint density at radius 2 is 1.78 bits per heavy atom. The van der Waals surface area contributed by atoms with E-state index in [1.54, 1.807) is 24.4 Å². The minimum Gasteiger partial charge on any atom is -0.475 e. The summed E-state index contributed by atoms with van der Waals surface area (Å²) in [5.41, 5.74) is 7.16. The van der Waals surface area contributed by atoms with Crippen LogP contribution in [-0.2, 0) is 4.79 Å². The summed E-state index contributed by atoms with van der Waals surface area (Å²) in [4.78, 5) is 23.7. The van der Waals surface area contributed by atoms with Crippen LogP contribution >= 0.6 is 0 Å². The summed E-state index contributed by atoms with van der Waals surface area (Å²) in [6, 6.07) is 6.95. The summed E-state index contributed by atoms with van der Waals surface area (Å²) < 4.78 is 44.7. The highest BCUT2D eigenvalue weighted by Crippen LogP contribution is 2.26. The van der Waals surface area contributed by atoms with E-state index in [4.69, 9.17) is 15.6 Å². The van der Waals surface area contributed by atoms with Crippen molar-refractivity contribution < 1.29 is 32.3 Å². The highest BCUT2D eigenvalue weighted by molar-refractivity contribution is 5.95. The van der Waals surface area contributed by atoms with Crippen molar-refractivity contribution in [3.05, 3.63) is 42.3 Å². The number of benzene rings is 1. The van der Waals surface area contributed by atoms with Crippen LogP contribution < -0.4 is 11.1 Å². The Labute approximate surface area is 148 Å². The van der Waals surface area contributed by atoms with E-state index in [9.17, 15) is 22.4 Å². The van der Waals surface area contributed by atoms with Gasteiger partial charge in [0.25, 0.3) is 0 Å². The molecule has 0 bridgehead atoms. The number of nitrogens with two attached hydrogens (primary N) is 1. The number of carbonyl (C=O) groups is 2.